The summed E-state index contributed by atoms with van der Waals surface area (Å²) >= 11 is 4.76. The molecule has 31 heavy (non-hydrogen) atoms. The van der Waals surface area contributed by atoms with E-state index in [1.54, 1.807) is 36.4 Å². The number of methoxy groups -OCH3 is 1. The van der Waals surface area contributed by atoms with Gasteiger partial charge in [0.2, 0.25) is 0 Å². The molecule has 1 amide bonds. The molecule has 158 valence electrons. The Hall–Kier alpha value is -3.10. The first-order chi connectivity index (χ1) is 14.8. The molecule has 6 nitrogen and oxygen atoms in total. The third kappa shape index (κ3) is 3.51. The van der Waals surface area contributed by atoms with Gasteiger partial charge >= 0.3 is 0 Å². The number of aryl methyl sites for hydroxylation is 1. The number of Topliss-reactive ketones (excluding diaryl/α,β-unsaturated/α-hetero) is 1. The van der Waals surface area contributed by atoms with Gasteiger partial charge in [-0.3, -0.25) is 14.5 Å². The minimum atomic E-state index is -0.867. The maximum absolute atomic E-state index is 13.1. The molecule has 4 rings (SSSR count). The van der Waals surface area contributed by atoms with Crippen molar-refractivity contribution >= 4 is 50.4 Å². The molecule has 0 radical (unpaired) electrons. The molecule has 1 fully saturated rings. The summed E-state index contributed by atoms with van der Waals surface area (Å²) in [7, 11) is 1.52. The lowest BCUT2D eigenvalue weighted by molar-refractivity contribution is -0.132. The molecule has 1 aromatic heterocycles. The van der Waals surface area contributed by atoms with Crippen LogP contribution in [0.25, 0.3) is 5.76 Å². The number of carbonyl (C=O) groups excluding carboxylic acids is 2. The van der Waals surface area contributed by atoms with Gasteiger partial charge in [-0.25, -0.2) is 0 Å². The fourth-order valence-electron chi connectivity index (χ4n) is 3.63. The number of para-hydroxylation sites is 2. The van der Waals surface area contributed by atoms with Crippen LogP contribution in [0.4, 0.5) is 5.69 Å². The van der Waals surface area contributed by atoms with Gasteiger partial charge in [0, 0.05) is 10.4 Å². The average molecular weight is 500 g/mol. The Morgan fingerprint density at radius 3 is 2.52 bits per heavy atom. The molecular weight excluding hydrogens is 482 g/mol. The maximum atomic E-state index is 13.1. The van der Waals surface area contributed by atoms with Gasteiger partial charge in [0.05, 0.1) is 22.8 Å². The molecule has 1 saturated heterocycles. The summed E-state index contributed by atoms with van der Waals surface area (Å²) in [5, 5.41) is 23.4. The topological polar surface area (TPSA) is 87.1 Å². The largest absolute Gasteiger partial charge is 0.507 e. The van der Waals surface area contributed by atoms with E-state index in [1.807, 2.05) is 18.4 Å². The van der Waals surface area contributed by atoms with E-state index in [9.17, 15) is 19.8 Å². The van der Waals surface area contributed by atoms with E-state index in [0.717, 1.165) is 10.4 Å². The van der Waals surface area contributed by atoms with E-state index in [-0.39, 0.29) is 22.8 Å². The molecule has 2 heterocycles. The lowest BCUT2D eigenvalue weighted by atomic mass is 9.98. The highest BCUT2D eigenvalue weighted by atomic mass is 79.9. The second-order valence-electron chi connectivity index (χ2n) is 6.98. The number of anilines is 1. The van der Waals surface area contributed by atoms with Crippen LogP contribution < -0.4 is 9.64 Å². The van der Waals surface area contributed by atoms with Crippen LogP contribution in [0.5, 0.6) is 11.5 Å². The normalized spacial score (nSPS) is 17.9. The van der Waals surface area contributed by atoms with E-state index in [0.29, 0.717) is 15.8 Å². The summed E-state index contributed by atoms with van der Waals surface area (Å²) in [5.74, 6) is -1.48. The van der Waals surface area contributed by atoms with Crippen molar-refractivity contribution in [2.75, 3.05) is 12.0 Å². The summed E-state index contributed by atoms with van der Waals surface area (Å²) in [4.78, 5) is 28.2. The number of thiophene rings is 1. The molecule has 1 atom stereocenters. The van der Waals surface area contributed by atoms with Gasteiger partial charge in [0.25, 0.3) is 11.7 Å². The quantitative estimate of drug-likeness (QED) is 0.294. The molecule has 0 aliphatic carbocycles. The highest BCUT2D eigenvalue weighted by molar-refractivity contribution is 9.10. The Morgan fingerprint density at radius 1 is 1.16 bits per heavy atom. The summed E-state index contributed by atoms with van der Waals surface area (Å²) in [6.07, 6.45) is 0. The predicted octanol–water partition coefficient (Wildman–Crippen LogP) is 5.16. The van der Waals surface area contributed by atoms with Crippen LogP contribution in [0.3, 0.4) is 0 Å². The number of ketones is 1. The smallest absolute Gasteiger partial charge is 0.300 e. The number of carbonyl (C=O) groups is 2. The van der Waals surface area contributed by atoms with E-state index >= 15 is 0 Å². The Balaban J connectivity index is 1.96. The molecule has 2 N–H and O–H groups in total. The molecule has 1 aliphatic heterocycles. The molecule has 1 aliphatic rings. The third-order valence-corrected chi connectivity index (χ3v) is 6.85. The van der Waals surface area contributed by atoms with Crippen molar-refractivity contribution in [3.63, 3.8) is 0 Å². The minimum Gasteiger partial charge on any atom is -0.507 e. The lowest BCUT2D eigenvalue weighted by Gasteiger charge is -2.25. The number of phenols is 1. The van der Waals surface area contributed by atoms with Gasteiger partial charge < -0.3 is 14.9 Å². The molecule has 0 saturated carbocycles. The van der Waals surface area contributed by atoms with Gasteiger partial charge in [-0.1, -0.05) is 12.1 Å². The van der Waals surface area contributed by atoms with Crippen LogP contribution in [0.15, 0.2) is 64.0 Å². The van der Waals surface area contributed by atoms with Gasteiger partial charge in [-0.2, -0.15) is 0 Å². The molecule has 8 heteroatoms. The highest BCUT2D eigenvalue weighted by Gasteiger charge is 2.48. The van der Waals surface area contributed by atoms with Gasteiger partial charge in [0.15, 0.2) is 0 Å². The number of hydrogen-bond donors (Lipinski definition) is 2. The second kappa shape index (κ2) is 8.20. The molecule has 3 aromatic rings. The number of rotatable bonds is 4. The van der Waals surface area contributed by atoms with E-state index in [4.69, 9.17) is 4.74 Å². The predicted molar refractivity (Wildman–Crippen MR) is 123 cm³/mol. The average Bonchev–Trinajstić information content (AvgIpc) is 3.28. The maximum Gasteiger partial charge on any atom is 0.300 e. The molecule has 0 spiro atoms. The monoisotopic (exact) mass is 499 g/mol. The molecule has 0 bridgehead atoms. The summed E-state index contributed by atoms with van der Waals surface area (Å²) in [6.45, 7) is 1.88. The van der Waals surface area contributed by atoms with Crippen molar-refractivity contribution in [3.8, 4) is 11.5 Å². The van der Waals surface area contributed by atoms with Crippen LogP contribution >= 0.6 is 27.3 Å². The minimum absolute atomic E-state index is 0.0316. The molecule has 2 aromatic carbocycles. The van der Waals surface area contributed by atoms with Crippen LogP contribution in [-0.4, -0.2) is 29.0 Å². The number of aliphatic hydroxyl groups is 1. The zero-order valence-electron chi connectivity index (χ0n) is 16.6. The van der Waals surface area contributed by atoms with Crippen molar-refractivity contribution in [2.24, 2.45) is 0 Å². The Labute approximate surface area is 191 Å². The number of halogens is 1. The Bertz CT molecular complexity index is 1230. The summed E-state index contributed by atoms with van der Waals surface area (Å²) < 4.78 is 5.82. The first-order valence-corrected chi connectivity index (χ1v) is 11.0. The van der Waals surface area contributed by atoms with Gasteiger partial charge in [0.1, 0.15) is 23.3 Å². The number of ether oxygens (including phenoxy) is 1. The summed E-state index contributed by atoms with van der Waals surface area (Å²) in [5.41, 5.74) is 1.41. The van der Waals surface area contributed by atoms with Crippen molar-refractivity contribution in [3.05, 3.63) is 80.0 Å². The Morgan fingerprint density at radius 2 is 1.90 bits per heavy atom. The molecular formula is C23H18BrNO5S. The fraction of sp³-hybridized carbons (Fsp3) is 0.130. The number of aliphatic hydroxyl groups excluding tert-OH is 1. The third-order valence-electron chi connectivity index (χ3n) is 5.16. The number of aromatic hydroxyl groups is 1. The number of nitrogens with zero attached hydrogens (tertiary/aromatic N) is 1. The second-order valence-corrected chi connectivity index (χ2v) is 8.78. The zero-order chi connectivity index (χ0) is 22.3. The van der Waals surface area contributed by atoms with E-state index in [2.05, 4.69) is 15.9 Å². The first kappa shape index (κ1) is 21.1. The Kier molecular flexibility index (Phi) is 5.60. The van der Waals surface area contributed by atoms with E-state index in [1.165, 1.54) is 29.4 Å². The first-order valence-electron chi connectivity index (χ1n) is 9.32. The summed E-state index contributed by atoms with van der Waals surface area (Å²) in [6, 6.07) is 12.2. The number of benzene rings is 2. The van der Waals surface area contributed by atoms with Gasteiger partial charge in [-0.15, -0.1) is 11.3 Å². The van der Waals surface area contributed by atoms with Crippen molar-refractivity contribution in [1.29, 1.82) is 0 Å². The fourth-order valence-corrected chi connectivity index (χ4v) is 5.20. The number of amides is 1. The SMILES string of the molecule is COc1ccc(/C(O)=C2/C(=O)C(=O)N(c3ccccc3O)C2c2sccc2C)cc1Br. The van der Waals surface area contributed by atoms with Gasteiger partial charge in [-0.05, 0) is 70.2 Å². The zero-order valence-corrected chi connectivity index (χ0v) is 19.0. The number of phenolic OH excluding ortho intramolecular Hbond substituents is 1. The van der Waals surface area contributed by atoms with Crippen LogP contribution in [-0.2, 0) is 9.59 Å². The van der Waals surface area contributed by atoms with Crippen LogP contribution in [0.1, 0.15) is 22.0 Å². The van der Waals surface area contributed by atoms with Crippen molar-refractivity contribution < 1.29 is 24.5 Å². The van der Waals surface area contributed by atoms with Crippen molar-refractivity contribution in [2.45, 2.75) is 13.0 Å². The highest BCUT2D eigenvalue weighted by Crippen LogP contribution is 2.47. The molecule has 1 unspecified atom stereocenters. The van der Waals surface area contributed by atoms with Crippen LogP contribution in [0.2, 0.25) is 0 Å². The lowest BCUT2D eigenvalue weighted by Crippen LogP contribution is -2.29. The standard InChI is InChI=1S/C23H18BrNO5S/c1-12-9-10-31-22(12)19-18(20(27)13-7-8-17(30-2)14(24)11-13)21(28)23(29)25(19)15-5-3-4-6-16(15)26/h3-11,19,26-27H,1-2H3/b20-18-. The van der Waals surface area contributed by atoms with E-state index < -0.39 is 17.7 Å². The van der Waals surface area contributed by atoms with Crippen molar-refractivity contribution in [1.82, 2.24) is 0 Å². The number of hydrogen-bond acceptors (Lipinski definition) is 6. The van der Waals surface area contributed by atoms with Crippen LogP contribution in [0, 0.1) is 6.92 Å².